The van der Waals surface area contributed by atoms with E-state index < -0.39 is 0 Å². The molecule has 0 saturated carbocycles. The van der Waals surface area contributed by atoms with Crippen LogP contribution in [-0.4, -0.2) is 44.4 Å². The number of fused-ring (bicyclic) bond motifs is 3. The van der Waals surface area contributed by atoms with Crippen LogP contribution in [0.5, 0.6) is 0 Å². The van der Waals surface area contributed by atoms with Gasteiger partial charge in [-0.05, 0) is 50.7 Å². The first-order valence-electron chi connectivity index (χ1n) is 9.13. The lowest BCUT2D eigenvalue weighted by Crippen LogP contribution is -2.36. The number of hydrogen-bond donors (Lipinski definition) is 1. The number of piperidine rings is 1. The fourth-order valence-electron chi connectivity index (χ4n) is 3.81. The summed E-state index contributed by atoms with van der Waals surface area (Å²) in [6.07, 6.45) is 2.92. The van der Waals surface area contributed by atoms with E-state index >= 15 is 0 Å². The number of aliphatic hydroxyl groups excluding tert-OH is 1. The highest BCUT2D eigenvalue weighted by molar-refractivity contribution is 5.93. The molecule has 1 N–H and O–H groups in total. The molecule has 0 aromatic carbocycles. The molecule has 0 spiro atoms. The summed E-state index contributed by atoms with van der Waals surface area (Å²) in [6.45, 7) is 8.40. The van der Waals surface area contributed by atoms with Crippen LogP contribution in [0, 0.1) is 19.8 Å². The number of nitrogens with zero attached hydrogens (tertiary/aromatic N) is 5. The maximum atomic E-state index is 9.40. The predicted molar refractivity (Wildman–Crippen MR) is 99.2 cm³/mol. The van der Waals surface area contributed by atoms with E-state index in [-0.39, 0.29) is 6.61 Å². The van der Waals surface area contributed by atoms with Crippen molar-refractivity contribution in [3.8, 4) is 0 Å². The Labute approximate surface area is 147 Å². The van der Waals surface area contributed by atoms with Gasteiger partial charge in [0.15, 0.2) is 11.3 Å². The molecule has 6 heteroatoms. The van der Waals surface area contributed by atoms with Crippen molar-refractivity contribution in [1.29, 1.82) is 0 Å². The van der Waals surface area contributed by atoms with Gasteiger partial charge in [0.05, 0.1) is 5.39 Å². The molecule has 1 saturated heterocycles. The highest BCUT2D eigenvalue weighted by atomic mass is 16.3. The van der Waals surface area contributed by atoms with Crippen LogP contribution >= 0.6 is 0 Å². The molecule has 0 aliphatic carbocycles. The number of aromatic nitrogens is 4. The van der Waals surface area contributed by atoms with Crippen LogP contribution in [0.2, 0.25) is 0 Å². The average Bonchev–Trinajstić information content (AvgIpc) is 2.99. The Bertz CT molecular complexity index is 925. The molecular formula is C19H25N5O. The van der Waals surface area contributed by atoms with Crippen molar-refractivity contribution in [3.63, 3.8) is 0 Å². The van der Waals surface area contributed by atoms with Crippen LogP contribution in [-0.2, 0) is 6.42 Å². The number of aryl methyl sites for hydroxylation is 3. The molecule has 4 heterocycles. The lowest BCUT2D eigenvalue weighted by atomic mass is 9.98. The van der Waals surface area contributed by atoms with Crippen molar-refractivity contribution in [2.45, 2.75) is 40.0 Å². The van der Waals surface area contributed by atoms with E-state index in [1.165, 1.54) is 5.56 Å². The van der Waals surface area contributed by atoms with Gasteiger partial charge < -0.3 is 10.0 Å². The van der Waals surface area contributed by atoms with Gasteiger partial charge in [-0.2, -0.15) is 4.52 Å². The second kappa shape index (κ2) is 6.26. The number of hydrogen-bond acceptors (Lipinski definition) is 5. The van der Waals surface area contributed by atoms with E-state index in [2.05, 4.69) is 35.9 Å². The molecule has 1 fully saturated rings. The van der Waals surface area contributed by atoms with E-state index in [0.29, 0.717) is 5.92 Å². The van der Waals surface area contributed by atoms with Gasteiger partial charge in [0.25, 0.3) is 0 Å². The quantitative estimate of drug-likeness (QED) is 0.795. The van der Waals surface area contributed by atoms with Gasteiger partial charge in [-0.3, -0.25) is 0 Å². The summed E-state index contributed by atoms with van der Waals surface area (Å²) in [5.41, 5.74) is 4.90. The van der Waals surface area contributed by atoms with Crippen molar-refractivity contribution in [2.75, 3.05) is 24.6 Å². The molecule has 6 nitrogen and oxygen atoms in total. The Morgan fingerprint density at radius 2 is 1.92 bits per heavy atom. The minimum absolute atomic E-state index is 0.286. The fourth-order valence-corrected chi connectivity index (χ4v) is 3.81. The molecule has 0 unspecified atom stereocenters. The third kappa shape index (κ3) is 2.74. The second-order valence-electron chi connectivity index (χ2n) is 7.09. The second-order valence-corrected chi connectivity index (χ2v) is 7.09. The van der Waals surface area contributed by atoms with E-state index in [0.717, 1.165) is 66.2 Å². The minimum Gasteiger partial charge on any atom is -0.396 e. The molecule has 3 aromatic rings. The fraction of sp³-hybridized carbons (Fsp3) is 0.526. The summed E-state index contributed by atoms with van der Waals surface area (Å²) in [7, 11) is 0. The number of rotatable bonds is 3. The molecule has 0 bridgehead atoms. The summed E-state index contributed by atoms with van der Waals surface area (Å²) in [5, 5.41) is 15.2. The predicted octanol–water partition coefficient (Wildman–Crippen LogP) is 2.67. The zero-order chi connectivity index (χ0) is 17.6. The highest BCUT2D eigenvalue weighted by Crippen LogP contribution is 2.28. The van der Waals surface area contributed by atoms with Gasteiger partial charge in [-0.1, -0.05) is 6.92 Å². The summed E-state index contributed by atoms with van der Waals surface area (Å²) >= 11 is 0. The summed E-state index contributed by atoms with van der Waals surface area (Å²) in [4.78, 5) is 11.8. The molecule has 1 aliphatic heterocycles. The van der Waals surface area contributed by atoms with E-state index in [1.807, 2.05) is 11.4 Å². The van der Waals surface area contributed by atoms with E-state index in [4.69, 9.17) is 10.1 Å². The van der Waals surface area contributed by atoms with Crippen LogP contribution in [0.15, 0.2) is 12.1 Å². The SMILES string of the molecule is CCc1cc(N2CCC(CO)CC2)n2nc3nc(C)cc(C)c3c2n1. The zero-order valence-electron chi connectivity index (χ0n) is 15.2. The molecular weight excluding hydrogens is 314 g/mol. The first-order chi connectivity index (χ1) is 12.1. The molecule has 25 heavy (non-hydrogen) atoms. The third-order valence-electron chi connectivity index (χ3n) is 5.27. The van der Waals surface area contributed by atoms with Crippen molar-refractivity contribution in [2.24, 2.45) is 5.92 Å². The van der Waals surface area contributed by atoms with Crippen LogP contribution in [0.3, 0.4) is 0 Å². The number of aliphatic hydroxyl groups is 1. The Kier molecular flexibility index (Phi) is 4.07. The van der Waals surface area contributed by atoms with Crippen LogP contribution in [0.25, 0.3) is 16.7 Å². The monoisotopic (exact) mass is 339 g/mol. The minimum atomic E-state index is 0.286. The normalized spacial score (nSPS) is 16.2. The zero-order valence-corrected chi connectivity index (χ0v) is 15.2. The largest absolute Gasteiger partial charge is 0.396 e. The van der Waals surface area contributed by atoms with Gasteiger partial charge in [0.2, 0.25) is 0 Å². The van der Waals surface area contributed by atoms with Gasteiger partial charge in [0, 0.05) is 37.2 Å². The van der Waals surface area contributed by atoms with Crippen molar-refractivity contribution in [3.05, 3.63) is 29.1 Å². The first kappa shape index (κ1) is 16.3. The maximum Gasteiger partial charge on any atom is 0.184 e. The Balaban J connectivity index is 1.90. The maximum absolute atomic E-state index is 9.40. The van der Waals surface area contributed by atoms with Gasteiger partial charge in [0.1, 0.15) is 5.82 Å². The molecule has 0 atom stereocenters. The van der Waals surface area contributed by atoms with E-state index in [9.17, 15) is 5.11 Å². The Hall–Kier alpha value is -2.21. The topological polar surface area (TPSA) is 66.5 Å². The lowest BCUT2D eigenvalue weighted by Gasteiger charge is -2.32. The molecule has 132 valence electrons. The lowest BCUT2D eigenvalue weighted by molar-refractivity contribution is 0.202. The van der Waals surface area contributed by atoms with Crippen LogP contribution < -0.4 is 4.90 Å². The average molecular weight is 339 g/mol. The number of pyridine rings is 1. The standard InChI is InChI=1S/C19H25N5O/c1-4-15-10-16(23-7-5-14(11-25)6-8-23)24-19(21-15)17-12(2)9-13(3)20-18(17)22-24/h9-10,14,25H,4-8,11H2,1-3H3. The summed E-state index contributed by atoms with van der Waals surface area (Å²) in [5.74, 6) is 1.51. The Morgan fingerprint density at radius 3 is 2.60 bits per heavy atom. The number of anilines is 1. The highest BCUT2D eigenvalue weighted by Gasteiger charge is 2.23. The Morgan fingerprint density at radius 1 is 1.16 bits per heavy atom. The van der Waals surface area contributed by atoms with Crippen LogP contribution in [0.1, 0.15) is 36.7 Å². The van der Waals surface area contributed by atoms with Gasteiger partial charge in [-0.25, -0.2) is 9.97 Å². The molecule has 1 aliphatic rings. The van der Waals surface area contributed by atoms with Crippen molar-refractivity contribution in [1.82, 2.24) is 19.6 Å². The molecule has 0 radical (unpaired) electrons. The van der Waals surface area contributed by atoms with Gasteiger partial charge in [-0.15, -0.1) is 5.10 Å². The summed E-state index contributed by atoms with van der Waals surface area (Å²) < 4.78 is 1.96. The molecule has 3 aromatic heterocycles. The third-order valence-corrected chi connectivity index (χ3v) is 5.27. The van der Waals surface area contributed by atoms with Crippen molar-refractivity contribution < 1.29 is 5.11 Å². The van der Waals surface area contributed by atoms with Crippen molar-refractivity contribution >= 4 is 22.5 Å². The van der Waals surface area contributed by atoms with E-state index in [1.54, 1.807) is 0 Å². The first-order valence-corrected chi connectivity index (χ1v) is 9.13. The molecule has 0 amide bonds. The van der Waals surface area contributed by atoms with Gasteiger partial charge >= 0.3 is 0 Å². The van der Waals surface area contributed by atoms with Crippen LogP contribution in [0.4, 0.5) is 5.82 Å². The smallest absolute Gasteiger partial charge is 0.184 e. The molecule has 4 rings (SSSR count). The summed E-state index contributed by atoms with van der Waals surface area (Å²) in [6, 6.07) is 4.25.